The summed E-state index contributed by atoms with van der Waals surface area (Å²) in [6.45, 7) is 4.48. The van der Waals surface area contributed by atoms with Gasteiger partial charge in [-0.2, -0.15) is 0 Å². The molecule has 5 nitrogen and oxygen atoms in total. The molecule has 0 aromatic carbocycles. The zero-order valence-electron chi connectivity index (χ0n) is 9.71. The van der Waals surface area contributed by atoms with Gasteiger partial charge in [-0.15, -0.1) is 0 Å². The molecule has 1 saturated heterocycles. The van der Waals surface area contributed by atoms with Gasteiger partial charge >= 0.3 is 0 Å². The fraction of sp³-hybridized carbons (Fsp3) is 0.455. The fourth-order valence-corrected chi connectivity index (χ4v) is 1.92. The summed E-state index contributed by atoms with van der Waals surface area (Å²) in [6.07, 6.45) is 0.935. The Bertz CT molecular complexity index is 469. The van der Waals surface area contributed by atoms with Gasteiger partial charge in [0.15, 0.2) is 16.2 Å². The molecule has 1 aromatic rings. The first-order valence-corrected chi connectivity index (χ1v) is 6.25. The van der Waals surface area contributed by atoms with Crippen LogP contribution in [0.2, 0.25) is 0 Å². The van der Waals surface area contributed by atoms with Crippen LogP contribution >= 0.6 is 15.9 Å². The van der Waals surface area contributed by atoms with E-state index >= 15 is 0 Å². The number of aliphatic imine (C=N–C) groups is 1. The number of carbonyl (C=O) groups excluding carboxylic acids is 1. The third-order valence-corrected chi connectivity index (χ3v) is 3.04. The monoisotopic (exact) mass is 299 g/mol. The van der Waals surface area contributed by atoms with Crippen molar-refractivity contribution in [3.8, 4) is 0 Å². The molecule has 1 fully saturated rings. The first-order valence-electron chi connectivity index (χ1n) is 5.46. The predicted octanol–water partition coefficient (Wildman–Crippen LogP) is 1.74. The zero-order valence-corrected chi connectivity index (χ0v) is 11.3. The molecule has 2 rings (SSSR count). The minimum Gasteiger partial charge on any atom is -0.451 e. The third-order valence-electron chi connectivity index (χ3n) is 2.61. The Kier molecular flexibility index (Phi) is 3.24. The molecule has 0 radical (unpaired) electrons. The summed E-state index contributed by atoms with van der Waals surface area (Å²) in [6, 6.07) is 3.52. The van der Waals surface area contributed by atoms with E-state index in [0.29, 0.717) is 22.9 Å². The van der Waals surface area contributed by atoms with E-state index in [-0.39, 0.29) is 5.91 Å². The molecular formula is C11H14BrN3O2. The minimum absolute atomic E-state index is 0.158. The number of rotatable bonds is 3. The Morgan fingerprint density at radius 2 is 2.29 bits per heavy atom. The lowest BCUT2D eigenvalue weighted by Gasteiger charge is -2.17. The van der Waals surface area contributed by atoms with Gasteiger partial charge in [0.25, 0.3) is 5.91 Å². The second-order valence-electron chi connectivity index (χ2n) is 4.04. The zero-order chi connectivity index (χ0) is 12.5. The molecule has 17 heavy (non-hydrogen) atoms. The number of nitrogens with zero attached hydrogens (tertiary/aromatic N) is 1. The Balaban J connectivity index is 2.24. The predicted molar refractivity (Wildman–Crippen MR) is 67.6 cm³/mol. The first-order chi connectivity index (χ1) is 8.06. The van der Waals surface area contributed by atoms with Crippen LogP contribution in [-0.2, 0) is 10.3 Å². The van der Waals surface area contributed by atoms with E-state index in [2.05, 4.69) is 31.6 Å². The highest BCUT2D eigenvalue weighted by atomic mass is 79.9. The average Bonchev–Trinajstić information content (AvgIpc) is 2.83. The maximum absolute atomic E-state index is 11.9. The van der Waals surface area contributed by atoms with Crippen molar-refractivity contribution in [3.63, 3.8) is 0 Å². The van der Waals surface area contributed by atoms with Crippen molar-refractivity contribution in [2.24, 2.45) is 4.99 Å². The number of carbonyl (C=O) groups is 1. The average molecular weight is 300 g/mol. The van der Waals surface area contributed by atoms with Gasteiger partial charge in [0.1, 0.15) is 5.76 Å². The highest BCUT2D eigenvalue weighted by molar-refractivity contribution is 9.10. The number of halogens is 1. The summed E-state index contributed by atoms with van der Waals surface area (Å²) in [4.78, 5) is 16.2. The molecule has 2 N–H and O–H groups in total. The molecule has 0 saturated carbocycles. The van der Waals surface area contributed by atoms with E-state index in [4.69, 9.17) is 4.42 Å². The lowest BCUT2D eigenvalue weighted by molar-refractivity contribution is -0.124. The maximum Gasteiger partial charge on any atom is 0.260 e. The number of furan rings is 1. The number of nitrogens with one attached hydrogen (secondary N) is 2. The number of guanidine groups is 1. The maximum atomic E-state index is 11.9. The summed E-state index contributed by atoms with van der Waals surface area (Å²) >= 11 is 3.22. The molecule has 1 amide bonds. The molecular weight excluding hydrogens is 286 g/mol. The van der Waals surface area contributed by atoms with Gasteiger partial charge in [-0.05, 0) is 41.4 Å². The molecule has 6 heteroatoms. The number of hydrogen-bond donors (Lipinski definition) is 2. The summed E-state index contributed by atoms with van der Waals surface area (Å²) < 4.78 is 6.03. The molecule has 0 bridgehead atoms. The van der Waals surface area contributed by atoms with Crippen LogP contribution in [0, 0.1) is 0 Å². The van der Waals surface area contributed by atoms with Gasteiger partial charge in [-0.25, -0.2) is 0 Å². The number of amides is 1. The van der Waals surface area contributed by atoms with Crippen LogP contribution < -0.4 is 10.6 Å². The molecule has 0 aliphatic carbocycles. The van der Waals surface area contributed by atoms with Gasteiger partial charge in [0.05, 0.1) is 0 Å². The highest BCUT2D eigenvalue weighted by Crippen LogP contribution is 2.27. The van der Waals surface area contributed by atoms with Gasteiger partial charge in [-0.3, -0.25) is 15.1 Å². The lowest BCUT2D eigenvalue weighted by atomic mass is 10.00. The smallest absolute Gasteiger partial charge is 0.260 e. The van der Waals surface area contributed by atoms with Crippen molar-refractivity contribution in [2.45, 2.75) is 25.8 Å². The molecule has 1 aromatic heterocycles. The van der Waals surface area contributed by atoms with Crippen LogP contribution in [0.3, 0.4) is 0 Å². The van der Waals surface area contributed by atoms with Crippen LogP contribution in [0.25, 0.3) is 0 Å². The van der Waals surface area contributed by atoms with Crippen molar-refractivity contribution >= 4 is 27.8 Å². The molecule has 92 valence electrons. The summed E-state index contributed by atoms with van der Waals surface area (Å²) in [5.74, 6) is 0.907. The van der Waals surface area contributed by atoms with E-state index in [1.165, 1.54) is 0 Å². The third kappa shape index (κ3) is 2.22. The van der Waals surface area contributed by atoms with Crippen molar-refractivity contribution in [1.82, 2.24) is 10.6 Å². The molecule has 1 aliphatic rings. The second-order valence-corrected chi connectivity index (χ2v) is 4.82. The molecule has 2 heterocycles. The molecule has 1 unspecified atom stereocenters. The van der Waals surface area contributed by atoms with Crippen LogP contribution in [-0.4, -0.2) is 18.4 Å². The minimum atomic E-state index is -0.890. The first kappa shape index (κ1) is 12.2. The van der Waals surface area contributed by atoms with Crippen molar-refractivity contribution in [1.29, 1.82) is 0 Å². The van der Waals surface area contributed by atoms with E-state index < -0.39 is 5.54 Å². The Labute approximate surface area is 108 Å². The summed E-state index contributed by atoms with van der Waals surface area (Å²) in [5.41, 5.74) is -0.890. The van der Waals surface area contributed by atoms with Crippen LogP contribution in [0.4, 0.5) is 0 Å². The normalized spacial score (nSPS) is 26.1. The molecule has 0 spiro atoms. The van der Waals surface area contributed by atoms with Gasteiger partial charge in [0.2, 0.25) is 0 Å². The van der Waals surface area contributed by atoms with Crippen molar-refractivity contribution < 1.29 is 9.21 Å². The lowest BCUT2D eigenvalue weighted by Crippen LogP contribution is -2.40. The van der Waals surface area contributed by atoms with Gasteiger partial charge in [-0.1, -0.05) is 6.92 Å². The number of hydrogen-bond acceptors (Lipinski definition) is 3. The Morgan fingerprint density at radius 3 is 2.88 bits per heavy atom. The second kappa shape index (κ2) is 4.52. The SMILES string of the molecule is CCCN=C1NC(=O)C(C)(c2ccc(Br)o2)N1. The summed E-state index contributed by atoms with van der Waals surface area (Å²) in [7, 11) is 0. The highest BCUT2D eigenvalue weighted by Gasteiger charge is 2.44. The summed E-state index contributed by atoms with van der Waals surface area (Å²) in [5, 5.41) is 5.77. The van der Waals surface area contributed by atoms with E-state index in [0.717, 1.165) is 6.42 Å². The van der Waals surface area contributed by atoms with Crippen LogP contribution in [0.15, 0.2) is 26.2 Å². The van der Waals surface area contributed by atoms with Crippen molar-refractivity contribution in [2.75, 3.05) is 6.54 Å². The standard InChI is InChI=1S/C11H14BrN3O2/c1-3-6-13-10-14-9(16)11(2,15-10)7-4-5-8(12)17-7/h4-5H,3,6H2,1-2H3,(H2,13,14,15,16). The largest absolute Gasteiger partial charge is 0.451 e. The molecule has 1 atom stereocenters. The van der Waals surface area contributed by atoms with Crippen LogP contribution in [0.1, 0.15) is 26.0 Å². The topological polar surface area (TPSA) is 66.6 Å². The van der Waals surface area contributed by atoms with E-state index in [1.807, 2.05) is 6.92 Å². The van der Waals surface area contributed by atoms with Gasteiger partial charge < -0.3 is 9.73 Å². The van der Waals surface area contributed by atoms with Crippen LogP contribution in [0.5, 0.6) is 0 Å². The van der Waals surface area contributed by atoms with Crippen molar-refractivity contribution in [3.05, 3.63) is 22.6 Å². The fourth-order valence-electron chi connectivity index (χ4n) is 1.62. The molecule has 1 aliphatic heterocycles. The van der Waals surface area contributed by atoms with E-state index in [9.17, 15) is 4.79 Å². The van der Waals surface area contributed by atoms with E-state index in [1.54, 1.807) is 19.1 Å². The quantitative estimate of drug-likeness (QED) is 0.893. The Morgan fingerprint density at radius 1 is 1.53 bits per heavy atom. The Hall–Kier alpha value is -1.30. The van der Waals surface area contributed by atoms with Gasteiger partial charge in [0, 0.05) is 6.54 Å².